The number of piperidine rings is 1. The summed E-state index contributed by atoms with van der Waals surface area (Å²) in [6.45, 7) is 4.53. The number of carbonyl (C=O) groups excluding carboxylic acids is 1. The van der Waals surface area contributed by atoms with E-state index in [-0.39, 0.29) is 23.1 Å². The molecule has 2 aliphatic heterocycles. The van der Waals surface area contributed by atoms with Crippen molar-refractivity contribution in [3.63, 3.8) is 0 Å². The molecule has 0 amide bonds. The molecule has 1 aromatic heterocycles. The lowest BCUT2D eigenvalue weighted by molar-refractivity contribution is -0.151. The second-order valence-electron chi connectivity index (χ2n) is 8.47. The van der Waals surface area contributed by atoms with Gasteiger partial charge in [0.15, 0.2) is 0 Å². The second kappa shape index (κ2) is 7.96. The van der Waals surface area contributed by atoms with Gasteiger partial charge in [0.25, 0.3) is 0 Å². The van der Waals surface area contributed by atoms with Gasteiger partial charge in [0.1, 0.15) is 23.5 Å². The van der Waals surface area contributed by atoms with E-state index in [0.717, 1.165) is 5.56 Å². The fourth-order valence-electron chi connectivity index (χ4n) is 4.60. The quantitative estimate of drug-likeness (QED) is 0.713. The van der Waals surface area contributed by atoms with Crippen LogP contribution in [-0.2, 0) is 16.0 Å². The molecule has 2 atom stereocenters. The number of aromatic carboxylic acids is 1. The number of esters is 1. The zero-order valence-electron chi connectivity index (χ0n) is 17.6. The monoisotopic (exact) mass is 431 g/mol. The molecule has 4 rings (SSSR count). The molecule has 3 N–H and O–H groups in total. The molecule has 166 valence electrons. The Bertz CT molecular complexity index is 1120. The molecule has 9 heteroatoms. The highest BCUT2D eigenvalue weighted by atomic mass is 19.1. The Morgan fingerprint density at radius 1 is 1.29 bits per heavy atom. The third-order valence-corrected chi connectivity index (χ3v) is 6.27. The number of halogens is 1. The van der Waals surface area contributed by atoms with E-state index in [0.29, 0.717) is 50.0 Å². The number of hydrogen-bond acceptors (Lipinski definition) is 6. The van der Waals surface area contributed by atoms with Gasteiger partial charge in [-0.2, -0.15) is 0 Å². The second-order valence-corrected chi connectivity index (χ2v) is 8.47. The fraction of sp³-hybridized carbons (Fsp3) is 0.500. The first kappa shape index (κ1) is 21.3. The van der Waals surface area contributed by atoms with Gasteiger partial charge in [-0.3, -0.25) is 9.59 Å². The number of aromatic nitrogens is 1. The van der Waals surface area contributed by atoms with Gasteiger partial charge in [-0.25, -0.2) is 9.18 Å². The Morgan fingerprint density at radius 3 is 2.58 bits per heavy atom. The van der Waals surface area contributed by atoms with Crippen LogP contribution in [0.5, 0.6) is 0 Å². The van der Waals surface area contributed by atoms with Crippen LogP contribution in [-0.4, -0.2) is 46.8 Å². The molecule has 0 bridgehead atoms. The predicted molar refractivity (Wildman–Crippen MR) is 113 cm³/mol. The van der Waals surface area contributed by atoms with Gasteiger partial charge >= 0.3 is 11.9 Å². The lowest BCUT2D eigenvalue weighted by atomic mass is 9.93. The zero-order chi connectivity index (χ0) is 22.4. The lowest BCUT2D eigenvalue weighted by Crippen LogP contribution is -2.41. The number of pyridine rings is 1. The average molecular weight is 431 g/mol. The number of carboxylic acid groups (broad SMARTS) is 1. The number of anilines is 1. The van der Waals surface area contributed by atoms with Crippen molar-refractivity contribution in [2.45, 2.75) is 57.7 Å². The van der Waals surface area contributed by atoms with E-state index in [2.05, 4.69) is 0 Å². The summed E-state index contributed by atoms with van der Waals surface area (Å²) < 4.78 is 22.5. The number of hydrogen-bond donors (Lipinski definition) is 2. The molecule has 2 aliphatic rings. The van der Waals surface area contributed by atoms with E-state index >= 15 is 4.39 Å². The van der Waals surface area contributed by atoms with Crippen molar-refractivity contribution >= 4 is 28.5 Å². The third kappa shape index (κ3) is 3.67. The summed E-state index contributed by atoms with van der Waals surface area (Å²) in [7, 11) is 0. The van der Waals surface area contributed by atoms with Crippen LogP contribution >= 0.6 is 0 Å². The number of benzene rings is 1. The van der Waals surface area contributed by atoms with Gasteiger partial charge in [0.05, 0.1) is 11.2 Å². The van der Waals surface area contributed by atoms with E-state index in [1.807, 2.05) is 11.8 Å². The summed E-state index contributed by atoms with van der Waals surface area (Å²) in [4.78, 5) is 37.9. The largest absolute Gasteiger partial charge is 0.477 e. The summed E-state index contributed by atoms with van der Waals surface area (Å²) in [6, 6.07) is 0.477. The molecule has 1 aromatic carbocycles. The van der Waals surface area contributed by atoms with Gasteiger partial charge in [-0.05, 0) is 32.8 Å². The number of nitrogens with zero attached hydrogens (tertiary/aromatic N) is 2. The number of ether oxygens (including phenoxy) is 1. The maximum absolute atomic E-state index is 15.3. The van der Waals surface area contributed by atoms with Crippen molar-refractivity contribution < 1.29 is 23.8 Å². The van der Waals surface area contributed by atoms with E-state index in [1.165, 1.54) is 12.3 Å². The molecule has 2 unspecified atom stereocenters. The molecule has 0 aliphatic carbocycles. The molecular formula is C22H26FN3O5. The number of carbonyl (C=O) groups is 2. The highest BCUT2D eigenvalue weighted by molar-refractivity contribution is 5.95. The summed E-state index contributed by atoms with van der Waals surface area (Å²) >= 11 is 0. The summed E-state index contributed by atoms with van der Waals surface area (Å²) in [5.74, 6) is -2.30. The Kier molecular flexibility index (Phi) is 5.47. The van der Waals surface area contributed by atoms with E-state index in [1.54, 1.807) is 11.5 Å². The first-order chi connectivity index (χ1) is 14.7. The van der Waals surface area contributed by atoms with Gasteiger partial charge in [-0.1, -0.05) is 0 Å². The summed E-state index contributed by atoms with van der Waals surface area (Å²) in [6.07, 6.45) is 3.53. The van der Waals surface area contributed by atoms with E-state index < -0.39 is 29.2 Å². The zero-order valence-corrected chi connectivity index (χ0v) is 17.6. The molecule has 1 saturated heterocycles. The van der Waals surface area contributed by atoms with Crippen molar-refractivity contribution in [3.05, 3.63) is 39.4 Å². The van der Waals surface area contributed by atoms with Crippen LogP contribution in [0.1, 0.15) is 55.1 Å². The van der Waals surface area contributed by atoms with E-state index in [4.69, 9.17) is 10.5 Å². The molecule has 3 heterocycles. The van der Waals surface area contributed by atoms with Crippen LogP contribution in [0.15, 0.2) is 17.1 Å². The van der Waals surface area contributed by atoms with Crippen molar-refractivity contribution in [2.24, 2.45) is 5.73 Å². The van der Waals surface area contributed by atoms with E-state index in [9.17, 15) is 19.5 Å². The molecule has 8 nitrogen and oxygen atoms in total. The predicted octanol–water partition coefficient (Wildman–Crippen LogP) is 2.21. The van der Waals surface area contributed by atoms with Crippen LogP contribution in [0, 0.1) is 5.82 Å². The minimum Gasteiger partial charge on any atom is -0.477 e. The fourth-order valence-corrected chi connectivity index (χ4v) is 4.60. The Labute approximate surface area is 178 Å². The van der Waals surface area contributed by atoms with Crippen LogP contribution in [0.3, 0.4) is 0 Å². The molecule has 0 spiro atoms. The van der Waals surface area contributed by atoms with Crippen molar-refractivity contribution in [3.8, 4) is 0 Å². The van der Waals surface area contributed by atoms with Crippen LogP contribution < -0.4 is 16.1 Å². The molecule has 0 saturated carbocycles. The number of carboxylic acids is 1. The van der Waals surface area contributed by atoms with Crippen LogP contribution in [0.2, 0.25) is 0 Å². The summed E-state index contributed by atoms with van der Waals surface area (Å²) in [5.41, 5.74) is 6.33. The Morgan fingerprint density at radius 2 is 1.97 bits per heavy atom. The van der Waals surface area contributed by atoms with Crippen molar-refractivity contribution in [2.75, 3.05) is 18.0 Å². The maximum Gasteiger partial charge on any atom is 0.341 e. The van der Waals surface area contributed by atoms with Gasteiger partial charge in [-0.15, -0.1) is 0 Å². The lowest BCUT2D eigenvalue weighted by Gasteiger charge is -2.37. The molecule has 2 aromatic rings. The molecule has 1 fully saturated rings. The number of rotatable bonds is 4. The molecule has 31 heavy (non-hydrogen) atoms. The number of nitrogens with two attached hydrogens (primary N) is 1. The SMILES string of the molecule is CC(N)C(=O)OC1CCN(c2c(F)cc3c(=O)c(C(=O)O)cn4c3c2CCC4C)CC1. The number of aryl methyl sites for hydroxylation is 1. The first-order valence-electron chi connectivity index (χ1n) is 10.5. The van der Waals surface area contributed by atoms with Crippen LogP contribution in [0.25, 0.3) is 10.9 Å². The van der Waals surface area contributed by atoms with Crippen LogP contribution in [0.4, 0.5) is 10.1 Å². The third-order valence-electron chi connectivity index (χ3n) is 6.27. The van der Waals surface area contributed by atoms with Gasteiger partial charge in [0.2, 0.25) is 5.43 Å². The molecular weight excluding hydrogens is 405 g/mol. The minimum atomic E-state index is -1.32. The van der Waals surface area contributed by atoms with Crippen molar-refractivity contribution in [1.29, 1.82) is 0 Å². The highest BCUT2D eigenvalue weighted by Crippen LogP contribution is 2.39. The standard InChI is InChI=1S/C22H26FN3O5/c1-11-3-4-14-18-15(20(27)16(21(28)29)10-26(11)18)9-17(23)19(14)25-7-5-13(6-8-25)31-22(30)12(2)24/h9-13H,3-8,24H2,1-2H3,(H,28,29). The Hall–Kier alpha value is -2.94. The topological polar surface area (TPSA) is 115 Å². The normalized spacial score (nSPS) is 20.0. The van der Waals surface area contributed by atoms with Crippen molar-refractivity contribution in [1.82, 2.24) is 4.57 Å². The van der Waals surface area contributed by atoms with Gasteiger partial charge < -0.3 is 25.0 Å². The maximum atomic E-state index is 15.3. The average Bonchev–Trinajstić information content (AvgIpc) is 2.72. The first-order valence-corrected chi connectivity index (χ1v) is 10.5. The minimum absolute atomic E-state index is 0.00425. The highest BCUT2D eigenvalue weighted by Gasteiger charge is 2.31. The smallest absolute Gasteiger partial charge is 0.341 e. The molecule has 0 radical (unpaired) electrons. The Balaban J connectivity index is 1.73. The summed E-state index contributed by atoms with van der Waals surface area (Å²) in [5, 5.41) is 9.51. The van der Waals surface area contributed by atoms with Gasteiger partial charge in [0, 0.05) is 49.1 Å².